The van der Waals surface area contributed by atoms with Crippen LogP contribution in [0, 0.1) is 23.0 Å². The fraction of sp³-hybridized carbons (Fsp3) is 0.0714. The van der Waals surface area contributed by atoms with E-state index in [0.717, 1.165) is 6.07 Å². The Hall–Kier alpha value is -1.58. The Morgan fingerprint density at radius 2 is 2.00 bits per heavy atom. The summed E-state index contributed by atoms with van der Waals surface area (Å²) in [5, 5.41) is 9.17. The monoisotopic (exact) mass is 355 g/mol. The molecule has 0 N–H and O–H groups in total. The van der Waals surface area contributed by atoms with Crippen LogP contribution in [0.4, 0.5) is 8.78 Å². The fourth-order valence-corrected chi connectivity index (χ4v) is 2.58. The van der Waals surface area contributed by atoms with Crippen LogP contribution in [0.2, 0.25) is 0 Å². The van der Waals surface area contributed by atoms with E-state index in [9.17, 15) is 8.78 Å². The van der Waals surface area contributed by atoms with Gasteiger partial charge in [-0.3, -0.25) is 0 Å². The normalized spacial score (nSPS) is 10.2. The van der Waals surface area contributed by atoms with Gasteiger partial charge in [0.25, 0.3) is 0 Å². The molecule has 2 nitrogen and oxygen atoms in total. The molecule has 0 spiro atoms. The van der Waals surface area contributed by atoms with Crippen molar-refractivity contribution in [2.45, 2.75) is 4.90 Å². The maximum absolute atomic E-state index is 13.7. The topological polar surface area (TPSA) is 33.0 Å². The SMILES string of the molecule is CSc1cccc(Oc2cc(Br)cc(F)c2F)c1C#N. The van der Waals surface area contributed by atoms with E-state index in [1.54, 1.807) is 12.1 Å². The lowest BCUT2D eigenvalue weighted by Crippen LogP contribution is -1.95. The van der Waals surface area contributed by atoms with E-state index in [1.165, 1.54) is 23.9 Å². The van der Waals surface area contributed by atoms with Crippen LogP contribution >= 0.6 is 27.7 Å². The van der Waals surface area contributed by atoms with Gasteiger partial charge in [0.05, 0.1) is 0 Å². The molecule has 6 heteroatoms. The van der Waals surface area contributed by atoms with Crippen LogP contribution in [0.5, 0.6) is 11.5 Å². The molecule has 0 aliphatic rings. The summed E-state index contributed by atoms with van der Waals surface area (Å²) in [6, 6.07) is 9.31. The van der Waals surface area contributed by atoms with Crippen LogP contribution in [-0.4, -0.2) is 6.26 Å². The lowest BCUT2D eigenvalue weighted by atomic mass is 10.2. The lowest BCUT2D eigenvalue weighted by molar-refractivity contribution is 0.414. The van der Waals surface area contributed by atoms with Crippen molar-refractivity contribution >= 4 is 27.7 Å². The standard InChI is InChI=1S/C14H8BrF2NOS/c1-20-13-4-2-3-11(9(13)7-18)19-12-6-8(15)5-10(16)14(12)17/h2-6H,1H3. The van der Waals surface area contributed by atoms with Gasteiger partial charge in [-0.15, -0.1) is 11.8 Å². The minimum absolute atomic E-state index is 0.191. The molecule has 102 valence electrons. The molecule has 0 radical (unpaired) electrons. The zero-order valence-corrected chi connectivity index (χ0v) is 12.7. The highest BCUT2D eigenvalue weighted by Gasteiger charge is 2.15. The van der Waals surface area contributed by atoms with Crippen molar-refractivity contribution in [3.8, 4) is 17.6 Å². The van der Waals surface area contributed by atoms with E-state index in [2.05, 4.69) is 15.9 Å². The molecule has 0 heterocycles. The molecule has 20 heavy (non-hydrogen) atoms. The highest BCUT2D eigenvalue weighted by Crippen LogP contribution is 2.34. The van der Waals surface area contributed by atoms with E-state index in [0.29, 0.717) is 14.9 Å². The molecular formula is C14H8BrF2NOS. The molecule has 0 aromatic heterocycles. The molecule has 2 aromatic rings. The highest BCUT2D eigenvalue weighted by atomic mass is 79.9. The third kappa shape index (κ3) is 2.94. The van der Waals surface area contributed by atoms with Crippen molar-refractivity contribution in [3.63, 3.8) is 0 Å². The summed E-state index contributed by atoms with van der Waals surface area (Å²) >= 11 is 4.44. The second kappa shape index (κ2) is 6.25. The van der Waals surface area contributed by atoms with Gasteiger partial charge in [0.2, 0.25) is 5.82 Å². The number of nitriles is 1. The Bertz CT molecular complexity index is 700. The lowest BCUT2D eigenvalue weighted by Gasteiger charge is -2.11. The van der Waals surface area contributed by atoms with Gasteiger partial charge in [0, 0.05) is 9.37 Å². The minimum Gasteiger partial charge on any atom is -0.453 e. The Labute approximate surface area is 127 Å². The molecule has 0 aliphatic heterocycles. The van der Waals surface area contributed by atoms with Gasteiger partial charge >= 0.3 is 0 Å². The van der Waals surface area contributed by atoms with Gasteiger partial charge in [-0.2, -0.15) is 9.65 Å². The number of benzene rings is 2. The smallest absolute Gasteiger partial charge is 0.201 e. The van der Waals surface area contributed by atoms with Crippen molar-refractivity contribution in [3.05, 3.63) is 52.0 Å². The summed E-state index contributed by atoms with van der Waals surface area (Å²) in [5.41, 5.74) is 0.291. The predicted molar refractivity (Wildman–Crippen MR) is 77.1 cm³/mol. The predicted octanol–water partition coefficient (Wildman–Crippen LogP) is 5.11. The number of nitrogens with zero attached hydrogens (tertiary/aromatic N) is 1. The van der Waals surface area contributed by atoms with Crippen molar-refractivity contribution < 1.29 is 13.5 Å². The number of thioether (sulfide) groups is 1. The molecule has 0 fully saturated rings. The molecule has 0 atom stereocenters. The Morgan fingerprint density at radius 1 is 1.25 bits per heavy atom. The number of hydrogen-bond donors (Lipinski definition) is 0. The number of hydrogen-bond acceptors (Lipinski definition) is 3. The average Bonchev–Trinajstić information content (AvgIpc) is 2.43. The third-order valence-corrected chi connectivity index (χ3v) is 3.74. The Morgan fingerprint density at radius 3 is 2.65 bits per heavy atom. The van der Waals surface area contributed by atoms with Crippen LogP contribution in [0.3, 0.4) is 0 Å². The second-order valence-electron chi connectivity index (χ2n) is 3.75. The molecule has 0 saturated heterocycles. The highest BCUT2D eigenvalue weighted by molar-refractivity contribution is 9.10. The quantitative estimate of drug-likeness (QED) is 0.566. The second-order valence-corrected chi connectivity index (χ2v) is 5.51. The van der Waals surface area contributed by atoms with Crippen molar-refractivity contribution in [2.24, 2.45) is 0 Å². The molecule has 0 unspecified atom stereocenters. The minimum atomic E-state index is -1.09. The number of rotatable bonds is 3. The maximum atomic E-state index is 13.7. The first-order valence-electron chi connectivity index (χ1n) is 5.46. The molecule has 0 aliphatic carbocycles. The van der Waals surface area contributed by atoms with Crippen molar-refractivity contribution in [1.29, 1.82) is 5.26 Å². The number of ether oxygens (including phenoxy) is 1. The largest absolute Gasteiger partial charge is 0.453 e. The van der Waals surface area contributed by atoms with Gasteiger partial charge in [-0.05, 0) is 30.5 Å². The summed E-state index contributed by atoms with van der Waals surface area (Å²) in [6.45, 7) is 0. The van der Waals surface area contributed by atoms with Crippen LogP contribution in [0.15, 0.2) is 39.7 Å². The zero-order chi connectivity index (χ0) is 14.7. The summed E-state index contributed by atoms with van der Waals surface area (Å²) in [4.78, 5) is 0.709. The first-order valence-corrected chi connectivity index (χ1v) is 7.48. The summed E-state index contributed by atoms with van der Waals surface area (Å²) in [7, 11) is 0. The summed E-state index contributed by atoms with van der Waals surface area (Å²) in [6.07, 6.45) is 1.82. The van der Waals surface area contributed by atoms with Crippen LogP contribution in [0.25, 0.3) is 0 Å². The molecule has 2 rings (SSSR count). The van der Waals surface area contributed by atoms with Crippen LogP contribution < -0.4 is 4.74 Å². The van der Waals surface area contributed by atoms with E-state index in [4.69, 9.17) is 10.00 Å². The zero-order valence-electron chi connectivity index (χ0n) is 10.3. The molecular weight excluding hydrogens is 348 g/mol. The van der Waals surface area contributed by atoms with Gasteiger partial charge in [-0.1, -0.05) is 22.0 Å². The summed E-state index contributed by atoms with van der Waals surface area (Å²) < 4.78 is 32.7. The van der Waals surface area contributed by atoms with Gasteiger partial charge in [0.15, 0.2) is 11.6 Å². The van der Waals surface area contributed by atoms with E-state index in [1.807, 2.05) is 12.3 Å². The fourth-order valence-electron chi connectivity index (χ4n) is 1.60. The van der Waals surface area contributed by atoms with Crippen molar-refractivity contribution in [1.82, 2.24) is 0 Å². The molecule has 2 aromatic carbocycles. The average molecular weight is 356 g/mol. The summed E-state index contributed by atoms with van der Waals surface area (Å²) in [5.74, 6) is -2.19. The Kier molecular flexibility index (Phi) is 4.63. The third-order valence-electron chi connectivity index (χ3n) is 2.50. The molecule has 0 saturated carbocycles. The van der Waals surface area contributed by atoms with Crippen LogP contribution in [-0.2, 0) is 0 Å². The van der Waals surface area contributed by atoms with Gasteiger partial charge in [0.1, 0.15) is 17.4 Å². The van der Waals surface area contributed by atoms with E-state index in [-0.39, 0.29) is 11.5 Å². The maximum Gasteiger partial charge on any atom is 0.201 e. The van der Waals surface area contributed by atoms with Crippen molar-refractivity contribution in [2.75, 3.05) is 6.26 Å². The van der Waals surface area contributed by atoms with Gasteiger partial charge < -0.3 is 4.74 Å². The number of halogens is 3. The molecule has 0 amide bonds. The van der Waals surface area contributed by atoms with E-state index >= 15 is 0 Å². The first kappa shape index (κ1) is 14.8. The van der Waals surface area contributed by atoms with E-state index < -0.39 is 11.6 Å². The van der Waals surface area contributed by atoms with Gasteiger partial charge in [-0.25, -0.2) is 4.39 Å². The van der Waals surface area contributed by atoms with Crippen LogP contribution in [0.1, 0.15) is 5.56 Å². The Balaban J connectivity index is 2.48. The first-order chi connectivity index (χ1) is 9.56. The molecule has 0 bridgehead atoms.